The molecule has 0 spiro atoms. The fourth-order valence-corrected chi connectivity index (χ4v) is 19.6. The Balaban J connectivity index is 1.87. The minimum absolute atomic E-state index is 0.0419. The molecule has 4 aromatic rings. The first-order valence-electron chi connectivity index (χ1n) is 12.0. The van der Waals surface area contributed by atoms with Crippen molar-refractivity contribution < 1.29 is 4.43 Å². The van der Waals surface area contributed by atoms with E-state index in [1.165, 1.54) is 20.4 Å². The molecule has 0 aromatic heterocycles. The van der Waals surface area contributed by atoms with Crippen LogP contribution in [-0.2, 0) is 4.43 Å². The van der Waals surface area contributed by atoms with E-state index in [2.05, 4.69) is 148 Å². The van der Waals surface area contributed by atoms with Crippen LogP contribution in [0.5, 0.6) is 0 Å². The zero-order valence-corrected chi connectivity index (χ0v) is 24.2. The Labute approximate surface area is 213 Å². The number of rotatable bonds is 9. The molecule has 0 amide bonds. The van der Waals surface area contributed by atoms with E-state index in [9.17, 15) is 0 Å². The first-order valence-corrected chi connectivity index (χ1v) is 20.2. The van der Waals surface area contributed by atoms with Crippen molar-refractivity contribution in [3.63, 3.8) is 0 Å². The molecule has 0 N–H and O–H groups in total. The summed E-state index contributed by atoms with van der Waals surface area (Å²) >= 11 is 0.300. The molecule has 0 radical (unpaired) electrons. The molecule has 4 rings (SSSR count). The van der Waals surface area contributed by atoms with Crippen LogP contribution < -0.4 is 14.8 Å². The summed E-state index contributed by atoms with van der Waals surface area (Å²) in [6.45, 7) is 9.86. The quantitative estimate of drug-likeness (QED) is 0.243. The summed E-state index contributed by atoms with van der Waals surface area (Å²) in [7, 11) is -4.35. The van der Waals surface area contributed by atoms with Gasteiger partial charge in [0.05, 0.1) is 0 Å². The van der Waals surface area contributed by atoms with Crippen LogP contribution in [-0.4, -0.2) is 30.4 Å². The van der Waals surface area contributed by atoms with Crippen LogP contribution in [0.1, 0.15) is 18.6 Å². The average Bonchev–Trinajstić information content (AvgIpc) is 2.86. The van der Waals surface area contributed by atoms with Crippen molar-refractivity contribution in [2.45, 2.75) is 37.5 Å². The Morgan fingerprint density at radius 1 is 0.588 bits per heavy atom. The van der Waals surface area contributed by atoms with Gasteiger partial charge in [0.2, 0.25) is 0 Å². The summed E-state index contributed by atoms with van der Waals surface area (Å²) in [5.41, 5.74) is 1.29. The van der Waals surface area contributed by atoms with Crippen LogP contribution in [0, 0.1) is 0 Å². The second-order valence-electron chi connectivity index (χ2n) is 9.75. The standard InChI is InChI=1S/C30H34OSeSi2/c1-25(32-27-19-11-6-12-20-27)30(26-17-9-5-10-18-26)31-34(33(2,3)4,28-21-13-7-14-22-28)29-23-15-8-16-24-29/h5-25,30H,1-4H3. The summed E-state index contributed by atoms with van der Waals surface area (Å²) < 4.78 is 9.13. The van der Waals surface area contributed by atoms with Crippen LogP contribution in [0.2, 0.25) is 24.5 Å². The predicted octanol–water partition coefficient (Wildman–Crippen LogP) is 5.76. The molecule has 0 aliphatic rings. The third kappa shape index (κ3) is 5.37. The van der Waals surface area contributed by atoms with Gasteiger partial charge in [0, 0.05) is 0 Å². The SMILES string of the molecule is CC([Se]c1ccccc1)C(O[Si](c1ccccc1)(c1ccccc1)[Si](C)(C)C)c1ccccc1. The average molecular weight is 546 g/mol. The van der Waals surface area contributed by atoms with E-state index in [-0.39, 0.29) is 6.10 Å². The first kappa shape index (κ1) is 24.9. The Hall–Kier alpha value is -2.21. The van der Waals surface area contributed by atoms with Crippen LogP contribution >= 0.6 is 0 Å². The van der Waals surface area contributed by atoms with Crippen LogP contribution in [0.3, 0.4) is 0 Å². The Morgan fingerprint density at radius 3 is 1.44 bits per heavy atom. The fraction of sp³-hybridized carbons (Fsp3) is 0.200. The molecule has 4 aromatic carbocycles. The summed E-state index contributed by atoms with van der Waals surface area (Å²) in [6, 6.07) is 44.0. The van der Waals surface area contributed by atoms with E-state index in [1.54, 1.807) is 0 Å². The molecule has 0 saturated heterocycles. The van der Waals surface area contributed by atoms with Gasteiger partial charge in [-0.3, -0.25) is 0 Å². The van der Waals surface area contributed by atoms with Gasteiger partial charge in [0.15, 0.2) is 0 Å². The summed E-state index contributed by atoms with van der Waals surface area (Å²) in [5, 5.41) is 2.78. The molecular weight excluding hydrogens is 511 g/mol. The first-order chi connectivity index (χ1) is 16.4. The van der Waals surface area contributed by atoms with E-state index in [4.69, 9.17) is 4.43 Å². The number of hydrogen-bond acceptors (Lipinski definition) is 1. The van der Waals surface area contributed by atoms with Gasteiger partial charge in [0.25, 0.3) is 0 Å². The third-order valence-electron chi connectivity index (χ3n) is 6.34. The van der Waals surface area contributed by atoms with Crippen LogP contribution in [0.25, 0.3) is 0 Å². The maximum absolute atomic E-state index is 7.71. The molecule has 1 nitrogen and oxygen atoms in total. The van der Waals surface area contributed by atoms with Crippen LogP contribution in [0.4, 0.5) is 0 Å². The summed E-state index contributed by atoms with van der Waals surface area (Å²) in [5.74, 6) is 0. The predicted molar refractivity (Wildman–Crippen MR) is 153 cm³/mol. The van der Waals surface area contributed by atoms with Crippen molar-refractivity contribution in [3.05, 3.63) is 127 Å². The molecular formula is C30H34OSeSi2. The molecule has 0 fully saturated rings. The van der Waals surface area contributed by atoms with E-state index in [0.29, 0.717) is 19.8 Å². The summed E-state index contributed by atoms with van der Waals surface area (Å²) in [4.78, 5) is 0.396. The van der Waals surface area contributed by atoms with E-state index in [0.717, 1.165) is 0 Å². The number of benzene rings is 4. The van der Waals surface area contributed by atoms with Gasteiger partial charge in [0.1, 0.15) is 0 Å². The van der Waals surface area contributed by atoms with Crippen LogP contribution in [0.15, 0.2) is 121 Å². The van der Waals surface area contributed by atoms with Crippen molar-refractivity contribution in [3.8, 4) is 0 Å². The van der Waals surface area contributed by atoms with Gasteiger partial charge in [-0.25, -0.2) is 0 Å². The monoisotopic (exact) mass is 546 g/mol. The zero-order valence-electron chi connectivity index (χ0n) is 20.5. The molecule has 0 aliphatic carbocycles. The van der Waals surface area contributed by atoms with E-state index < -0.39 is 15.4 Å². The van der Waals surface area contributed by atoms with Gasteiger partial charge in [-0.2, -0.15) is 0 Å². The van der Waals surface area contributed by atoms with Gasteiger partial charge >= 0.3 is 214 Å². The molecule has 174 valence electrons. The molecule has 4 heteroatoms. The molecule has 2 atom stereocenters. The second kappa shape index (κ2) is 11.0. The fourth-order valence-electron chi connectivity index (χ4n) is 4.73. The van der Waals surface area contributed by atoms with E-state index >= 15 is 0 Å². The summed E-state index contributed by atoms with van der Waals surface area (Å²) in [6.07, 6.45) is 0.0419. The van der Waals surface area contributed by atoms with Crippen molar-refractivity contribution in [2.75, 3.05) is 0 Å². The third-order valence-corrected chi connectivity index (χ3v) is 22.2. The molecule has 0 bridgehead atoms. The Morgan fingerprint density at radius 2 is 1.00 bits per heavy atom. The number of hydrogen-bond donors (Lipinski definition) is 0. The molecule has 0 aliphatic heterocycles. The van der Waals surface area contributed by atoms with Crippen molar-refractivity contribution in [1.29, 1.82) is 0 Å². The minimum atomic E-state index is -2.53. The normalized spacial score (nSPS) is 13.9. The van der Waals surface area contributed by atoms with Crippen molar-refractivity contribution in [1.82, 2.24) is 0 Å². The Kier molecular flexibility index (Phi) is 8.07. The molecule has 34 heavy (non-hydrogen) atoms. The Bertz CT molecular complexity index is 1110. The van der Waals surface area contributed by atoms with Gasteiger partial charge in [-0.05, 0) is 0 Å². The molecule has 2 unspecified atom stereocenters. The van der Waals surface area contributed by atoms with Gasteiger partial charge in [-0.15, -0.1) is 0 Å². The van der Waals surface area contributed by atoms with Gasteiger partial charge < -0.3 is 0 Å². The van der Waals surface area contributed by atoms with Gasteiger partial charge in [-0.1, -0.05) is 0 Å². The van der Waals surface area contributed by atoms with Crippen molar-refractivity contribution in [2.24, 2.45) is 0 Å². The van der Waals surface area contributed by atoms with E-state index in [1.807, 2.05) is 0 Å². The van der Waals surface area contributed by atoms with Crippen molar-refractivity contribution >= 4 is 45.2 Å². The molecule has 0 saturated carbocycles. The maximum atomic E-state index is 7.71. The zero-order chi connectivity index (χ0) is 24.0. The molecule has 0 heterocycles. The second-order valence-corrected chi connectivity index (χ2v) is 26.7. The topological polar surface area (TPSA) is 9.23 Å².